The first-order chi connectivity index (χ1) is 17.2. The van der Waals surface area contributed by atoms with Crippen molar-refractivity contribution >= 4 is 27.5 Å². The molecule has 2 aliphatic heterocycles. The number of likely N-dealkylation sites (tertiary alicyclic amines) is 1. The highest BCUT2D eigenvalue weighted by Crippen LogP contribution is 2.38. The van der Waals surface area contributed by atoms with Crippen LogP contribution in [-0.2, 0) is 14.8 Å². The zero-order valence-electron chi connectivity index (χ0n) is 21.0. The molecule has 0 aliphatic carbocycles. The number of carbonyl (C=O) groups excluding carboxylic acids is 1. The fraction of sp³-hybridized carbons (Fsp3) is 0.519. The lowest BCUT2D eigenvalue weighted by Gasteiger charge is -2.42. The van der Waals surface area contributed by atoms with Gasteiger partial charge in [0.15, 0.2) is 0 Å². The van der Waals surface area contributed by atoms with E-state index in [2.05, 4.69) is 0 Å². The van der Waals surface area contributed by atoms with Gasteiger partial charge in [-0.25, -0.2) is 8.42 Å². The number of amides is 1. The van der Waals surface area contributed by atoms with E-state index < -0.39 is 15.4 Å². The molecule has 2 aromatic rings. The number of sulfonamides is 1. The number of nitrogens with zero attached hydrogens (tertiary/aromatic N) is 2. The Labute approximate surface area is 219 Å². The molecule has 0 spiro atoms. The van der Waals surface area contributed by atoms with Gasteiger partial charge in [0.25, 0.3) is 0 Å². The quantitative estimate of drug-likeness (QED) is 0.481. The average Bonchev–Trinajstić information content (AvgIpc) is 2.90. The van der Waals surface area contributed by atoms with Crippen LogP contribution >= 0.6 is 11.6 Å². The Balaban J connectivity index is 1.59. The summed E-state index contributed by atoms with van der Waals surface area (Å²) in [7, 11) is -2.25. The van der Waals surface area contributed by atoms with Gasteiger partial charge in [0.05, 0.1) is 18.6 Å². The van der Waals surface area contributed by atoms with Crippen LogP contribution in [0.15, 0.2) is 47.4 Å². The monoisotopic (exact) mass is 534 g/mol. The Morgan fingerprint density at radius 1 is 1.03 bits per heavy atom. The number of hydrogen-bond acceptors (Lipinski definition) is 5. The van der Waals surface area contributed by atoms with Gasteiger partial charge in [0, 0.05) is 49.1 Å². The second kappa shape index (κ2) is 11.4. The van der Waals surface area contributed by atoms with Crippen LogP contribution < -0.4 is 9.47 Å². The molecule has 1 amide bonds. The van der Waals surface area contributed by atoms with Gasteiger partial charge in [-0.1, -0.05) is 17.7 Å². The maximum absolute atomic E-state index is 13.6. The van der Waals surface area contributed by atoms with Crippen molar-refractivity contribution in [1.29, 1.82) is 0 Å². The lowest BCUT2D eigenvalue weighted by molar-refractivity contribution is -0.136. The second-order valence-electron chi connectivity index (χ2n) is 9.94. The maximum atomic E-state index is 13.6. The Morgan fingerprint density at radius 3 is 2.53 bits per heavy atom. The summed E-state index contributed by atoms with van der Waals surface area (Å²) in [6, 6.07) is 12.0. The molecule has 2 heterocycles. The Kier molecular flexibility index (Phi) is 8.48. The molecule has 2 fully saturated rings. The van der Waals surface area contributed by atoms with Gasteiger partial charge >= 0.3 is 0 Å². The molecule has 0 aromatic heterocycles. The fourth-order valence-electron chi connectivity index (χ4n) is 5.11. The molecule has 36 heavy (non-hydrogen) atoms. The maximum Gasteiger partial charge on any atom is 0.243 e. The van der Waals surface area contributed by atoms with Gasteiger partial charge in [-0.15, -0.1) is 0 Å². The van der Waals surface area contributed by atoms with Crippen molar-refractivity contribution in [1.82, 2.24) is 9.21 Å². The zero-order valence-corrected chi connectivity index (χ0v) is 22.6. The summed E-state index contributed by atoms with van der Waals surface area (Å²) in [5.41, 5.74) is 0.269. The molecule has 2 aromatic carbocycles. The van der Waals surface area contributed by atoms with Crippen LogP contribution in [0.25, 0.3) is 0 Å². The molecule has 1 atom stereocenters. The number of piperidine rings is 2. The van der Waals surface area contributed by atoms with E-state index in [1.807, 2.05) is 24.0 Å². The molecule has 7 nitrogen and oxygen atoms in total. The Hall–Kier alpha value is -2.29. The highest BCUT2D eigenvalue weighted by molar-refractivity contribution is 7.89. The molecule has 0 unspecified atom stereocenters. The molecule has 0 radical (unpaired) electrons. The summed E-state index contributed by atoms with van der Waals surface area (Å²) in [5.74, 6) is 1.22. The zero-order chi connectivity index (χ0) is 25.8. The predicted molar refractivity (Wildman–Crippen MR) is 140 cm³/mol. The van der Waals surface area contributed by atoms with Gasteiger partial charge < -0.3 is 14.4 Å². The number of carbonyl (C=O) groups is 1. The molecular weight excluding hydrogens is 500 g/mol. The minimum atomic E-state index is -3.77. The van der Waals surface area contributed by atoms with Gasteiger partial charge in [-0.3, -0.25) is 4.79 Å². The van der Waals surface area contributed by atoms with Gasteiger partial charge in [0.1, 0.15) is 11.5 Å². The first kappa shape index (κ1) is 26.8. The van der Waals surface area contributed by atoms with E-state index in [0.29, 0.717) is 35.9 Å². The SMILES string of the molecule is COc1cccc(S(=O)(=O)N2CCC[C@](COc3ccc(Cl)c(C)c3)(CC(=O)N3CCCCC3)C2)c1. The Morgan fingerprint density at radius 2 is 1.81 bits per heavy atom. The van der Waals surface area contributed by atoms with Gasteiger partial charge in [-0.05, 0) is 74.9 Å². The number of ether oxygens (including phenoxy) is 2. The van der Waals surface area contributed by atoms with Crippen molar-refractivity contribution in [2.24, 2.45) is 5.41 Å². The summed E-state index contributed by atoms with van der Waals surface area (Å²) in [6.45, 7) is 4.31. The van der Waals surface area contributed by atoms with Crippen LogP contribution in [0.4, 0.5) is 0 Å². The van der Waals surface area contributed by atoms with Crippen LogP contribution in [-0.4, -0.2) is 63.4 Å². The molecule has 9 heteroatoms. The van der Waals surface area contributed by atoms with Crippen LogP contribution in [0.3, 0.4) is 0 Å². The summed E-state index contributed by atoms with van der Waals surface area (Å²) in [5, 5.41) is 0.658. The summed E-state index contributed by atoms with van der Waals surface area (Å²) < 4.78 is 40.2. The number of rotatable bonds is 8. The molecule has 2 aliphatic rings. The first-order valence-corrected chi connectivity index (χ1v) is 14.4. The van der Waals surface area contributed by atoms with E-state index in [4.69, 9.17) is 21.1 Å². The molecule has 0 saturated carbocycles. The Bertz CT molecular complexity index is 1180. The van der Waals surface area contributed by atoms with E-state index in [9.17, 15) is 13.2 Å². The topological polar surface area (TPSA) is 76.1 Å². The van der Waals surface area contributed by atoms with E-state index in [1.165, 1.54) is 17.5 Å². The standard InChI is InChI=1S/C27H35ClN2O5S/c1-21-16-23(10-11-25(21)28)35-20-27(18-26(31)29-13-4-3-5-14-29)12-7-15-30(19-27)36(32,33)24-9-6-8-22(17-24)34-2/h6,8-11,16-17H,3-5,7,12-15,18-20H2,1-2H3/t27-/m0/s1. The number of hydrogen-bond donors (Lipinski definition) is 0. The minimum absolute atomic E-state index is 0.0752. The first-order valence-electron chi connectivity index (χ1n) is 12.5. The highest BCUT2D eigenvalue weighted by atomic mass is 35.5. The average molecular weight is 535 g/mol. The van der Waals surface area contributed by atoms with E-state index >= 15 is 0 Å². The molecule has 196 valence electrons. The molecule has 0 bridgehead atoms. The van der Waals surface area contributed by atoms with Crippen LogP contribution in [0.1, 0.15) is 44.1 Å². The normalized spacial score (nSPS) is 21.2. The van der Waals surface area contributed by atoms with Crippen molar-refractivity contribution in [2.75, 3.05) is 39.9 Å². The number of aryl methyl sites for hydroxylation is 1. The van der Waals surface area contributed by atoms with E-state index in [1.54, 1.807) is 24.3 Å². The summed E-state index contributed by atoms with van der Waals surface area (Å²) in [6.07, 6.45) is 4.78. The van der Waals surface area contributed by atoms with Crippen LogP contribution in [0.2, 0.25) is 5.02 Å². The van der Waals surface area contributed by atoms with Crippen molar-refractivity contribution in [3.8, 4) is 11.5 Å². The molecule has 4 rings (SSSR count). The second-order valence-corrected chi connectivity index (χ2v) is 12.3. The minimum Gasteiger partial charge on any atom is -0.497 e. The van der Waals surface area contributed by atoms with Crippen molar-refractivity contribution in [3.05, 3.63) is 53.1 Å². The van der Waals surface area contributed by atoms with Gasteiger partial charge in [-0.2, -0.15) is 4.31 Å². The van der Waals surface area contributed by atoms with Crippen molar-refractivity contribution < 1.29 is 22.7 Å². The lowest BCUT2D eigenvalue weighted by Crippen LogP contribution is -2.51. The molecule has 0 N–H and O–H groups in total. The smallest absolute Gasteiger partial charge is 0.243 e. The number of benzene rings is 2. The summed E-state index contributed by atoms with van der Waals surface area (Å²) >= 11 is 6.17. The number of methoxy groups -OCH3 is 1. The van der Waals surface area contributed by atoms with Crippen molar-refractivity contribution in [3.63, 3.8) is 0 Å². The third-order valence-electron chi connectivity index (χ3n) is 7.21. The van der Waals surface area contributed by atoms with E-state index in [-0.39, 0.29) is 30.4 Å². The lowest BCUT2D eigenvalue weighted by atomic mass is 9.78. The van der Waals surface area contributed by atoms with Gasteiger partial charge in [0.2, 0.25) is 15.9 Å². The third-order valence-corrected chi connectivity index (χ3v) is 9.48. The largest absolute Gasteiger partial charge is 0.497 e. The van der Waals surface area contributed by atoms with Crippen molar-refractivity contribution in [2.45, 2.75) is 50.3 Å². The van der Waals surface area contributed by atoms with Crippen LogP contribution in [0, 0.1) is 12.3 Å². The highest BCUT2D eigenvalue weighted by Gasteiger charge is 2.43. The van der Waals surface area contributed by atoms with E-state index in [0.717, 1.165) is 37.9 Å². The van der Waals surface area contributed by atoms with Crippen LogP contribution in [0.5, 0.6) is 11.5 Å². The number of halogens is 1. The fourth-order valence-corrected chi connectivity index (χ4v) is 6.86. The predicted octanol–water partition coefficient (Wildman–Crippen LogP) is 4.91. The molecule has 2 saturated heterocycles. The molecular formula is C27H35ClN2O5S. The third kappa shape index (κ3) is 6.15. The summed E-state index contributed by atoms with van der Waals surface area (Å²) in [4.78, 5) is 15.5.